The third-order valence-electron chi connectivity index (χ3n) is 4.95. The number of nitrogens with zero attached hydrogens (tertiary/aromatic N) is 4. The molecule has 0 saturated carbocycles. The molecular weight excluding hydrogens is 386 g/mol. The zero-order valence-corrected chi connectivity index (χ0v) is 17.3. The molecule has 1 aromatic carbocycles. The lowest BCUT2D eigenvalue weighted by molar-refractivity contribution is -0.129. The summed E-state index contributed by atoms with van der Waals surface area (Å²) >= 11 is 1.71. The monoisotopic (exact) mass is 409 g/mol. The first-order chi connectivity index (χ1) is 14.1. The average Bonchev–Trinajstić information content (AvgIpc) is 3.23. The Hall–Kier alpha value is -3.13. The van der Waals surface area contributed by atoms with Crippen LogP contribution >= 0.6 is 11.3 Å². The van der Waals surface area contributed by atoms with Gasteiger partial charge in [-0.15, -0.1) is 11.3 Å². The molecule has 0 radical (unpaired) electrons. The number of benzene rings is 1. The largest absolute Gasteiger partial charge is 0.497 e. The fraction of sp³-hybridized carbons (Fsp3) is 0.286. The van der Waals surface area contributed by atoms with E-state index >= 15 is 0 Å². The zero-order chi connectivity index (χ0) is 20.2. The summed E-state index contributed by atoms with van der Waals surface area (Å²) in [4.78, 5) is 25.5. The number of aromatic nitrogens is 2. The molecule has 2 aromatic heterocycles. The Balaban J connectivity index is 1.39. The molecule has 0 atom stereocenters. The van der Waals surface area contributed by atoms with Gasteiger partial charge in [0.1, 0.15) is 23.7 Å². The average molecular weight is 410 g/mol. The van der Waals surface area contributed by atoms with Crippen LogP contribution in [0.2, 0.25) is 0 Å². The molecule has 1 aliphatic heterocycles. The number of hydrogen-bond donors (Lipinski definition) is 1. The van der Waals surface area contributed by atoms with Gasteiger partial charge in [-0.3, -0.25) is 4.79 Å². The number of likely N-dealkylation sites (N-methyl/N-ethyl adjacent to an activating group) is 1. The maximum absolute atomic E-state index is 11.9. The molecule has 4 rings (SSSR count). The van der Waals surface area contributed by atoms with Crippen molar-refractivity contribution in [3.05, 3.63) is 53.0 Å². The second kappa shape index (κ2) is 8.48. The molecule has 3 aromatic rings. The van der Waals surface area contributed by atoms with Crippen molar-refractivity contribution in [3.8, 4) is 16.9 Å². The minimum atomic E-state index is 0.106. The molecule has 0 spiro atoms. The molecule has 1 amide bonds. The third kappa shape index (κ3) is 4.48. The highest BCUT2D eigenvalue weighted by Gasteiger charge is 2.22. The molecule has 0 unspecified atom stereocenters. The van der Waals surface area contributed by atoms with Crippen molar-refractivity contribution in [1.82, 2.24) is 14.9 Å². The number of thiophene rings is 1. The van der Waals surface area contributed by atoms with E-state index < -0.39 is 0 Å². The van der Waals surface area contributed by atoms with Gasteiger partial charge in [-0.25, -0.2) is 9.97 Å². The van der Waals surface area contributed by atoms with Crippen molar-refractivity contribution in [1.29, 1.82) is 0 Å². The van der Waals surface area contributed by atoms with Crippen molar-refractivity contribution in [2.24, 2.45) is 0 Å². The van der Waals surface area contributed by atoms with Crippen LogP contribution in [0.3, 0.4) is 0 Å². The number of piperazine rings is 1. The van der Waals surface area contributed by atoms with Crippen LogP contribution in [0, 0.1) is 0 Å². The summed E-state index contributed by atoms with van der Waals surface area (Å²) in [6.45, 7) is 2.51. The van der Waals surface area contributed by atoms with Crippen molar-refractivity contribution in [3.63, 3.8) is 0 Å². The fourth-order valence-electron chi connectivity index (χ4n) is 3.16. The molecule has 0 aliphatic carbocycles. The SMILES string of the molecule is COc1ccc(-c2csc(CNc3cc(N4CCN(C)C(=O)C4)ncn3)c2)cc1. The Morgan fingerprint density at radius 3 is 2.72 bits per heavy atom. The smallest absolute Gasteiger partial charge is 0.241 e. The van der Waals surface area contributed by atoms with Crippen LogP contribution < -0.4 is 15.0 Å². The van der Waals surface area contributed by atoms with Crippen LogP contribution in [0.1, 0.15) is 4.88 Å². The first-order valence-electron chi connectivity index (χ1n) is 9.39. The molecule has 1 fully saturated rings. The molecular formula is C21H23N5O2S. The zero-order valence-electron chi connectivity index (χ0n) is 16.5. The quantitative estimate of drug-likeness (QED) is 0.675. The van der Waals surface area contributed by atoms with E-state index in [1.165, 1.54) is 16.8 Å². The molecule has 29 heavy (non-hydrogen) atoms. The Morgan fingerprint density at radius 1 is 1.14 bits per heavy atom. The van der Waals surface area contributed by atoms with E-state index in [9.17, 15) is 4.79 Å². The summed E-state index contributed by atoms with van der Waals surface area (Å²) in [6.07, 6.45) is 1.54. The van der Waals surface area contributed by atoms with Gasteiger partial charge in [0.25, 0.3) is 0 Å². The Bertz CT molecular complexity index is 989. The van der Waals surface area contributed by atoms with Gasteiger partial charge in [-0.1, -0.05) is 12.1 Å². The number of rotatable bonds is 6. The fourth-order valence-corrected chi connectivity index (χ4v) is 3.99. The van der Waals surface area contributed by atoms with Crippen LogP contribution in [0.25, 0.3) is 11.1 Å². The molecule has 1 saturated heterocycles. The molecule has 1 aliphatic rings. The Labute approximate surface area is 174 Å². The summed E-state index contributed by atoms with van der Waals surface area (Å²) in [5, 5.41) is 5.51. The summed E-state index contributed by atoms with van der Waals surface area (Å²) in [5.41, 5.74) is 2.35. The highest BCUT2D eigenvalue weighted by atomic mass is 32.1. The second-order valence-electron chi connectivity index (χ2n) is 6.88. The number of ether oxygens (including phenoxy) is 1. The summed E-state index contributed by atoms with van der Waals surface area (Å²) in [6, 6.07) is 12.1. The second-order valence-corrected chi connectivity index (χ2v) is 7.88. The van der Waals surface area contributed by atoms with Crippen LogP contribution in [-0.2, 0) is 11.3 Å². The molecule has 7 nitrogen and oxygen atoms in total. The van der Waals surface area contributed by atoms with E-state index in [-0.39, 0.29) is 5.91 Å². The third-order valence-corrected chi connectivity index (χ3v) is 5.89. The molecule has 150 valence electrons. The van der Waals surface area contributed by atoms with E-state index in [0.717, 1.165) is 29.5 Å². The van der Waals surface area contributed by atoms with Crippen LogP contribution in [0.5, 0.6) is 5.75 Å². The first kappa shape index (κ1) is 19.2. The van der Waals surface area contributed by atoms with Gasteiger partial charge in [0.2, 0.25) is 5.91 Å². The van der Waals surface area contributed by atoms with Gasteiger partial charge < -0.3 is 19.9 Å². The lowest BCUT2D eigenvalue weighted by Gasteiger charge is -2.32. The molecule has 8 heteroatoms. The standard InChI is InChI=1S/C21H23N5O2S/c1-25-7-8-26(12-21(25)27)20-10-19(23-14-24-20)22-11-18-9-16(13-29-18)15-3-5-17(28-2)6-4-15/h3-6,9-10,13-14H,7-8,11-12H2,1-2H3,(H,22,23,24). The highest BCUT2D eigenvalue weighted by Crippen LogP contribution is 2.28. The van der Waals surface area contributed by atoms with Gasteiger partial charge in [-0.2, -0.15) is 0 Å². The van der Waals surface area contributed by atoms with E-state index in [0.29, 0.717) is 19.6 Å². The van der Waals surface area contributed by atoms with Crippen LogP contribution in [0.4, 0.5) is 11.6 Å². The minimum Gasteiger partial charge on any atom is -0.497 e. The number of anilines is 2. The Kier molecular flexibility index (Phi) is 5.62. The normalized spacial score (nSPS) is 14.2. The minimum absolute atomic E-state index is 0.106. The van der Waals surface area contributed by atoms with Gasteiger partial charge in [0.05, 0.1) is 20.2 Å². The number of hydrogen-bond acceptors (Lipinski definition) is 7. The number of carbonyl (C=O) groups excluding carboxylic acids is 1. The molecule has 1 N–H and O–H groups in total. The lowest BCUT2D eigenvalue weighted by Crippen LogP contribution is -2.48. The number of carbonyl (C=O) groups is 1. The summed E-state index contributed by atoms with van der Waals surface area (Å²) < 4.78 is 5.22. The number of methoxy groups -OCH3 is 1. The van der Waals surface area contributed by atoms with Crippen molar-refractivity contribution in [2.45, 2.75) is 6.54 Å². The first-order valence-corrected chi connectivity index (χ1v) is 10.3. The van der Waals surface area contributed by atoms with E-state index in [1.807, 2.05) is 30.1 Å². The molecule has 0 bridgehead atoms. The van der Waals surface area contributed by atoms with E-state index in [4.69, 9.17) is 4.74 Å². The van der Waals surface area contributed by atoms with E-state index in [2.05, 4.69) is 38.9 Å². The van der Waals surface area contributed by atoms with E-state index in [1.54, 1.807) is 23.3 Å². The van der Waals surface area contributed by atoms with Crippen molar-refractivity contribution < 1.29 is 9.53 Å². The van der Waals surface area contributed by atoms with Gasteiger partial charge in [0.15, 0.2) is 0 Å². The van der Waals surface area contributed by atoms with Gasteiger partial charge in [-0.05, 0) is 34.7 Å². The number of amides is 1. The van der Waals surface area contributed by atoms with Crippen LogP contribution in [0.15, 0.2) is 48.1 Å². The maximum atomic E-state index is 11.9. The number of nitrogens with one attached hydrogen (secondary N) is 1. The summed E-state index contributed by atoms with van der Waals surface area (Å²) in [7, 11) is 3.50. The van der Waals surface area contributed by atoms with Crippen molar-refractivity contribution >= 4 is 28.9 Å². The highest BCUT2D eigenvalue weighted by molar-refractivity contribution is 7.10. The maximum Gasteiger partial charge on any atom is 0.241 e. The van der Waals surface area contributed by atoms with Crippen molar-refractivity contribution in [2.75, 3.05) is 44.0 Å². The predicted octanol–water partition coefficient (Wildman–Crippen LogP) is 3.10. The molecule has 3 heterocycles. The Morgan fingerprint density at radius 2 is 1.97 bits per heavy atom. The predicted molar refractivity (Wildman–Crippen MR) is 116 cm³/mol. The lowest BCUT2D eigenvalue weighted by atomic mass is 10.1. The van der Waals surface area contributed by atoms with Crippen LogP contribution in [-0.4, -0.2) is 54.6 Å². The van der Waals surface area contributed by atoms with Gasteiger partial charge >= 0.3 is 0 Å². The van der Waals surface area contributed by atoms with Gasteiger partial charge in [0, 0.05) is 31.1 Å². The summed E-state index contributed by atoms with van der Waals surface area (Å²) in [5.74, 6) is 2.48. The topological polar surface area (TPSA) is 70.6 Å².